The van der Waals surface area contributed by atoms with Crippen molar-refractivity contribution in [2.24, 2.45) is 5.92 Å². The summed E-state index contributed by atoms with van der Waals surface area (Å²) in [4.78, 5) is 1.85. The van der Waals surface area contributed by atoms with Crippen molar-refractivity contribution in [3.63, 3.8) is 0 Å². The number of para-hydroxylation sites is 1. The van der Waals surface area contributed by atoms with E-state index in [9.17, 15) is 10.4 Å². The van der Waals surface area contributed by atoms with Crippen molar-refractivity contribution in [1.29, 1.82) is 5.26 Å². The highest BCUT2D eigenvalue weighted by Gasteiger charge is 2.52. The highest BCUT2D eigenvalue weighted by molar-refractivity contribution is 5.57. The van der Waals surface area contributed by atoms with Gasteiger partial charge >= 0.3 is 0 Å². The van der Waals surface area contributed by atoms with E-state index in [2.05, 4.69) is 6.07 Å². The Morgan fingerprint density at radius 1 is 1.10 bits per heavy atom. The van der Waals surface area contributed by atoms with Crippen LogP contribution in [0.3, 0.4) is 0 Å². The Hall–Kier alpha value is -2.31. The predicted molar refractivity (Wildman–Crippen MR) is 82.4 cm³/mol. The molecule has 2 aromatic carbocycles. The van der Waals surface area contributed by atoms with Crippen LogP contribution in [0, 0.1) is 17.2 Å². The van der Waals surface area contributed by atoms with Gasteiger partial charge in [-0.15, -0.1) is 0 Å². The molecule has 0 bridgehead atoms. The van der Waals surface area contributed by atoms with E-state index in [1.807, 2.05) is 72.5 Å². The summed E-state index contributed by atoms with van der Waals surface area (Å²) in [7, 11) is 0. The summed E-state index contributed by atoms with van der Waals surface area (Å²) in [6.07, 6.45) is -0.0700. The van der Waals surface area contributed by atoms with Crippen molar-refractivity contribution >= 4 is 5.69 Å². The average molecular weight is 278 g/mol. The Bertz CT molecular complexity index is 650. The van der Waals surface area contributed by atoms with E-state index in [0.717, 1.165) is 11.3 Å². The minimum Gasteiger partial charge on any atom is -0.374 e. The summed E-state index contributed by atoms with van der Waals surface area (Å²) in [6.45, 7) is 2.03. The lowest BCUT2D eigenvalue weighted by atomic mass is 9.80. The molecule has 3 heteroatoms. The van der Waals surface area contributed by atoms with E-state index in [1.165, 1.54) is 0 Å². The molecular formula is C18H18N2O. The van der Waals surface area contributed by atoms with E-state index >= 15 is 0 Å². The minimum atomic E-state index is -0.831. The monoisotopic (exact) mass is 278 g/mol. The largest absolute Gasteiger partial charge is 0.374 e. The summed E-state index contributed by atoms with van der Waals surface area (Å²) in [5.74, 6) is 0.0418. The second kappa shape index (κ2) is 5.23. The molecule has 0 radical (unpaired) electrons. The molecule has 1 fully saturated rings. The van der Waals surface area contributed by atoms with Crippen molar-refractivity contribution in [3.8, 4) is 6.07 Å². The molecule has 1 saturated heterocycles. The van der Waals surface area contributed by atoms with Gasteiger partial charge in [0.1, 0.15) is 6.23 Å². The highest BCUT2D eigenvalue weighted by Crippen LogP contribution is 2.47. The molecule has 3 atom stereocenters. The normalized spacial score (nSPS) is 28.3. The predicted octanol–water partition coefficient (Wildman–Crippen LogP) is 3.27. The summed E-state index contributed by atoms with van der Waals surface area (Å²) < 4.78 is 0. The lowest BCUT2D eigenvalue weighted by Crippen LogP contribution is -2.46. The SMILES string of the molecule is C[C@H]1C[C@@H](O)N(c2ccccc2)[C@@]1(C#N)c1ccccc1. The lowest BCUT2D eigenvalue weighted by Gasteiger charge is -2.38. The first-order valence-electron chi connectivity index (χ1n) is 7.19. The van der Waals surface area contributed by atoms with Crippen molar-refractivity contribution in [2.75, 3.05) is 4.90 Å². The van der Waals surface area contributed by atoms with Crippen LogP contribution in [0.1, 0.15) is 18.9 Å². The van der Waals surface area contributed by atoms with Crippen LogP contribution in [0.25, 0.3) is 0 Å². The summed E-state index contributed by atoms with van der Waals surface area (Å²) >= 11 is 0. The van der Waals surface area contributed by atoms with Crippen LogP contribution >= 0.6 is 0 Å². The van der Waals surface area contributed by atoms with E-state index in [1.54, 1.807) is 0 Å². The third kappa shape index (κ3) is 2.00. The van der Waals surface area contributed by atoms with Gasteiger partial charge in [0.25, 0.3) is 0 Å². The fourth-order valence-corrected chi connectivity index (χ4v) is 3.37. The Kier molecular flexibility index (Phi) is 3.40. The maximum atomic E-state index is 10.5. The third-order valence-electron chi connectivity index (χ3n) is 4.37. The fourth-order valence-electron chi connectivity index (χ4n) is 3.37. The maximum absolute atomic E-state index is 10.5. The van der Waals surface area contributed by atoms with Gasteiger partial charge in [-0.1, -0.05) is 55.5 Å². The molecule has 1 aliphatic rings. The number of nitriles is 1. The van der Waals surface area contributed by atoms with Crippen LogP contribution in [-0.2, 0) is 5.54 Å². The Balaban J connectivity index is 2.19. The summed E-state index contributed by atoms with van der Waals surface area (Å²) in [6, 6.07) is 21.9. The van der Waals surface area contributed by atoms with Crippen LogP contribution in [0.4, 0.5) is 5.69 Å². The van der Waals surface area contributed by atoms with E-state index in [4.69, 9.17) is 0 Å². The quantitative estimate of drug-likeness (QED) is 0.917. The molecule has 1 heterocycles. The summed E-state index contributed by atoms with van der Waals surface area (Å²) in [5, 5.41) is 20.5. The molecule has 2 aromatic rings. The van der Waals surface area contributed by atoms with Gasteiger partial charge in [-0.25, -0.2) is 0 Å². The zero-order valence-corrected chi connectivity index (χ0v) is 12.0. The van der Waals surface area contributed by atoms with Crippen LogP contribution < -0.4 is 4.90 Å². The first-order chi connectivity index (χ1) is 10.2. The smallest absolute Gasteiger partial charge is 0.158 e. The van der Waals surface area contributed by atoms with Gasteiger partial charge in [-0.05, 0) is 24.1 Å². The molecule has 0 aliphatic carbocycles. The number of nitrogens with zero attached hydrogens (tertiary/aromatic N) is 2. The van der Waals surface area contributed by atoms with Gasteiger partial charge in [-0.2, -0.15) is 5.26 Å². The molecule has 0 unspecified atom stereocenters. The maximum Gasteiger partial charge on any atom is 0.158 e. The van der Waals surface area contributed by atoms with Crippen molar-refractivity contribution in [3.05, 3.63) is 66.2 Å². The minimum absolute atomic E-state index is 0.0418. The van der Waals surface area contributed by atoms with Gasteiger partial charge in [-0.3, -0.25) is 0 Å². The Labute approximate surface area is 125 Å². The van der Waals surface area contributed by atoms with Gasteiger partial charge in [0.05, 0.1) is 6.07 Å². The second-order valence-corrected chi connectivity index (χ2v) is 5.57. The van der Waals surface area contributed by atoms with E-state index in [0.29, 0.717) is 6.42 Å². The first-order valence-corrected chi connectivity index (χ1v) is 7.19. The molecule has 21 heavy (non-hydrogen) atoms. The number of hydrogen-bond donors (Lipinski definition) is 1. The van der Waals surface area contributed by atoms with E-state index < -0.39 is 11.8 Å². The van der Waals surface area contributed by atoms with Gasteiger partial charge in [0.15, 0.2) is 5.54 Å². The van der Waals surface area contributed by atoms with Crippen molar-refractivity contribution in [2.45, 2.75) is 25.1 Å². The number of aliphatic hydroxyl groups excluding tert-OH is 1. The second-order valence-electron chi connectivity index (χ2n) is 5.57. The van der Waals surface area contributed by atoms with Crippen LogP contribution in [0.2, 0.25) is 0 Å². The lowest BCUT2D eigenvalue weighted by molar-refractivity contribution is 0.177. The molecule has 1 N–H and O–H groups in total. The van der Waals surface area contributed by atoms with Crippen LogP contribution in [-0.4, -0.2) is 11.3 Å². The molecule has 3 rings (SSSR count). The van der Waals surface area contributed by atoms with Crippen LogP contribution in [0.15, 0.2) is 60.7 Å². The zero-order chi connectivity index (χ0) is 14.9. The van der Waals surface area contributed by atoms with Gasteiger partial charge < -0.3 is 10.0 Å². The molecular weight excluding hydrogens is 260 g/mol. The molecule has 1 aliphatic heterocycles. The van der Waals surface area contributed by atoms with Crippen molar-refractivity contribution < 1.29 is 5.11 Å². The molecule has 0 amide bonds. The van der Waals surface area contributed by atoms with Crippen LogP contribution in [0.5, 0.6) is 0 Å². The standard InChI is InChI=1S/C18H18N2O/c1-14-12-17(21)20(16-10-6-3-7-11-16)18(14,13-19)15-8-4-2-5-9-15/h2-11,14,17,21H,12H2,1H3/t14-,17+,18+/m0/s1. The number of hydrogen-bond acceptors (Lipinski definition) is 3. The zero-order valence-electron chi connectivity index (χ0n) is 12.0. The molecule has 0 spiro atoms. The molecule has 0 aromatic heterocycles. The fraction of sp³-hybridized carbons (Fsp3) is 0.278. The Morgan fingerprint density at radius 3 is 2.24 bits per heavy atom. The summed E-state index contributed by atoms with van der Waals surface area (Å²) in [5.41, 5.74) is 0.974. The van der Waals surface area contributed by atoms with E-state index in [-0.39, 0.29) is 5.92 Å². The molecule has 3 nitrogen and oxygen atoms in total. The topological polar surface area (TPSA) is 47.3 Å². The highest BCUT2D eigenvalue weighted by atomic mass is 16.3. The molecule has 0 saturated carbocycles. The number of anilines is 1. The third-order valence-corrected chi connectivity index (χ3v) is 4.37. The number of benzene rings is 2. The number of aliphatic hydroxyl groups is 1. The first kappa shape index (κ1) is 13.7. The number of rotatable bonds is 2. The average Bonchev–Trinajstić information content (AvgIpc) is 2.80. The Morgan fingerprint density at radius 2 is 1.67 bits per heavy atom. The molecule has 106 valence electrons. The van der Waals surface area contributed by atoms with Gasteiger partial charge in [0, 0.05) is 11.6 Å². The van der Waals surface area contributed by atoms with Crippen molar-refractivity contribution in [1.82, 2.24) is 0 Å². The van der Waals surface area contributed by atoms with Gasteiger partial charge in [0.2, 0.25) is 0 Å².